The molecule has 1 heterocycles. The number of aromatic amines is 1. The molecule has 0 aliphatic heterocycles. The van der Waals surface area contributed by atoms with E-state index >= 15 is 0 Å². The van der Waals surface area contributed by atoms with Crippen molar-refractivity contribution < 1.29 is 0 Å². The van der Waals surface area contributed by atoms with Gasteiger partial charge in [-0.25, -0.2) is 4.98 Å². The van der Waals surface area contributed by atoms with Crippen LogP contribution in [0.2, 0.25) is 0 Å². The van der Waals surface area contributed by atoms with Gasteiger partial charge < -0.3 is 16.0 Å². The number of anilines is 1. The van der Waals surface area contributed by atoms with E-state index in [4.69, 9.17) is 5.73 Å². The van der Waals surface area contributed by atoms with E-state index < -0.39 is 0 Å². The molecule has 0 radical (unpaired) electrons. The monoisotopic (exact) mass is 208 g/mol. The fourth-order valence-corrected chi connectivity index (χ4v) is 1.74. The summed E-state index contributed by atoms with van der Waals surface area (Å²) in [6.45, 7) is 2.44. The average molecular weight is 208 g/mol. The molecule has 1 aromatic rings. The summed E-state index contributed by atoms with van der Waals surface area (Å²) in [5.74, 6) is 1.22. The van der Waals surface area contributed by atoms with Gasteiger partial charge >= 0.3 is 0 Å². The maximum atomic E-state index is 11.2. The predicted molar refractivity (Wildman–Crippen MR) is 58.9 cm³/mol. The van der Waals surface area contributed by atoms with Crippen molar-refractivity contribution in [1.82, 2.24) is 9.97 Å². The summed E-state index contributed by atoms with van der Waals surface area (Å²) in [4.78, 5) is 17.9. The van der Waals surface area contributed by atoms with Crippen LogP contribution in [0.5, 0.6) is 0 Å². The van der Waals surface area contributed by atoms with Crippen LogP contribution in [0.3, 0.4) is 0 Å². The Hall–Kier alpha value is -1.36. The lowest BCUT2D eigenvalue weighted by molar-refractivity contribution is 0.265. The van der Waals surface area contributed by atoms with Crippen molar-refractivity contribution in [2.45, 2.75) is 31.7 Å². The third-order valence-corrected chi connectivity index (χ3v) is 2.83. The molecular formula is C10H16N4O. The number of nitrogens with one attached hydrogen (secondary N) is 2. The highest BCUT2D eigenvalue weighted by atomic mass is 16.1. The molecule has 0 amide bonds. The van der Waals surface area contributed by atoms with Crippen LogP contribution in [0, 0.1) is 6.92 Å². The summed E-state index contributed by atoms with van der Waals surface area (Å²) in [6.07, 6.45) is 3.28. The first kappa shape index (κ1) is 10.2. The first-order chi connectivity index (χ1) is 7.07. The van der Waals surface area contributed by atoms with Crippen molar-refractivity contribution in [1.29, 1.82) is 0 Å². The van der Waals surface area contributed by atoms with Crippen LogP contribution < -0.4 is 16.6 Å². The summed E-state index contributed by atoms with van der Waals surface area (Å²) < 4.78 is 0. The molecule has 4 N–H and O–H groups in total. The van der Waals surface area contributed by atoms with E-state index in [2.05, 4.69) is 15.3 Å². The molecule has 1 aliphatic carbocycles. The minimum atomic E-state index is -0.135. The van der Waals surface area contributed by atoms with Gasteiger partial charge in [-0.05, 0) is 26.2 Å². The van der Waals surface area contributed by atoms with Gasteiger partial charge in [0.05, 0.1) is 0 Å². The fraction of sp³-hybridized carbons (Fsp3) is 0.600. The lowest BCUT2D eigenvalue weighted by atomic mass is 9.78. The number of rotatable bonds is 3. The topological polar surface area (TPSA) is 83.8 Å². The maximum absolute atomic E-state index is 11.2. The highest BCUT2D eigenvalue weighted by Gasteiger charge is 2.32. The van der Waals surface area contributed by atoms with E-state index in [-0.39, 0.29) is 11.1 Å². The third-order valence-electron chi connectivity index (χ3n) is 2.83. The van der Waals surface area contributed by atoms with Crippen molar-refractivity contribution >= 4 is 5.82 Å². The van der Waals surface area contributed by atoms with E-state index in [1.165, 1.54) is 12.5 Å². The first-order valence-corrected chi connectivity index (χ1v) is 5.18. The third kappa shape index (κ3) is 2.36. The molecule has 1 aromatic heterocycles. The number of hydrogen-bond donors (Lipinski definition) is 3. The Balaban J connectivity index is 2.01. The second kappa shape index (κ2) is 3.66. The van der Waals surface area contributed by atoms with Crippen LogP contribution in [0.1, 0.15) is 25.1 Å². The second-order valence-electron chi connectivity index (χ2n) is 4.29. The number of nitrogens with two attached hydrogens (primary N) is 1. The molecule has 0 aromatic carbocycles. The Morgan fingerprint density at radius 1 is 1.67 bits per heavy atom. The number of aryl methyl sites for hydroxylation is 1. The van der Waals surface area contributed by atoms with Gasteiger partial charge in [0, 0.05) is 18.2 Å². The van der Waals surface area contributed by atoms with Crippen LogP contribution in [0.15, 0.2) is 10.9 Å². The highest BCUT2D eigenvalue weighted by molar-refractivity contribution is 5.33. The van der Waals surface area contributed by atoms with Crippen molar-refractivity contribution in [3.05, 3.63) is 22.2 Å². The number of aromatic nitrogens is 2. The zero-order valence-corrected chi connectivity index (χ0v) is 8.84. The number of hydrogen-bond acceptors (Lipinski definition) is 4. The molecule has 82 valence electrons. The Morgan fingerprint density at radius 2 is 2.40 bits per heavy atom. The van der Waals surface area contributed by atoms with Crippen LogP contribution in [0.4, 0.5) is 5.82 Å². The van der Waals surface area contributed by atoms with Gasteiger partial charge in [-0.15, -0.1) is 0 Å². The smallest absolute Gasteiger partial charge is 0.252 e. The van der Waals surface area contributed by atoms with Crippen LogP contribution in [-0.2, 0) is 0 Å². The fourth-order valence-electron chi connectivity index (χ4n) is 1.74. The normalized spacial score (nSPS) is 18.3. The summed E-state index contributed by atoms with van der Waals surface area (Å²) in [5.41, 5.74) is 5.82. The Morgan fingerprint density at radius 3 is 2.93 bits per heavy atom. The number of H-pyrrole nitrogens is 1. The van der Waals surface area contributed by atoms with Gasteiger partial charge in [-0.1, -0.05) is 0 Å². The van der Waals surface area contributed by atoms with Crippen molar-refractivity contribution in [2.24, 2.45) is 5.73 Å². The predicted octanol–water partition coefficient (Wildman–Crippen LogP) is 0.372. The number of nitrogens with zero attached hydrogens (tertiary/aromatic N) is 1. The quantitative estimate of drug-likeness (QED) is 0.670. The van der Waals surface area contributed by atoms with Gasteiger partial charge in [0.15, 0.2) is 0 Å². The molecule has 1 aliphatic rings. The molecular weight excluding hydrogens is 192 g/mol. The maximum Gasteiger partial charge on any atom is 0.252 e. The van der Waals surface area contributed by atoms with Gasteiger partial charge in [0.2, 0.25) is 0 Å². The van der Waals surface area contributed by atoms with Gasteiger partial charge in [-0.3, -0.25) is 4.79 Å². The van der Waals surface area contributed by atoms with E-state index in [0.717, 1.165) is 12.8 Å². The minimum Gasteiger partial charge on any atom is -0.368 e. The molecule has 1 saturated carbocycles. The molecule has 5 nitrogen and oxygen atoms in total. The molecule has 0 unspecified atom stereocenters. The molecule has 5 heteroatoms. The Bertz CT molecular complexity index is 408. The standard InChI is InChI=1S/C10H16N4O/c1-7-13-8(5-9(15)14-7)12-6-10(11)3-2-4-10/h5H,2-4,6,11H2,1H3,(H2,12,13,14,15). The summed E-state index contributed by atoms with van der Waals surface area (Å²) in [7, 11) is 0. The van der Waals surface area contributed by atoms with Crippen molar-refractivity contribution in [3.8, 4) is 0 Å². The summed E-state index contributed by atoms with van der Waals surface area (Å²) in [5, 5.41) is 3.11. The molecule has 0 bridgehead atoms. The lowest BCUT2D eigenvalue weighted by Gasteiger charge is -2.38. The largest absolute Gasteiger partial charge is 0.368 e. The van der Waals surface area contributed by atoms with Gasteiger partial charge in [0.25, 0.3) is 5.56 Å². The van der Waals surface area contributed by atoms with Gasteiger partial charge in [-0.2, -0.15) is 0 Å². The van der Waals surface area contributed by atoms with Crippen LogP contribution >= 0.6 is 0 Å². The van der Waals surface area contributed by atoms with E-state index in [9.17, 15) is 4.79 Å². The van der Waals surface area contributed by atoms with E-state index in [1.54, 1.807) is 6.92 Å². The van der Waals surface area contributed by atoms with Gasteiger partial charge in [0.1, 0.15) is 11.6 Å². The Kier molecular flexibility index (Phi) is 2.48. The molecule has 15 heavy (non-hydrogen) atoms. The van der Waals surface area contributed by atoms with Crippen molar-refractivity contribution in [2.75, 3.05) is 11.9 Å². The van der Waals surface area contributed by atoms with Crippen LogP contribution in [0.25, 0.3) is 0 Å². The SMILES string of the molecule is Cc1nc(NCC2(N)CCC2)cc(=O)[nH]1. The minimum absolute atomic E-state index is 0.0990. The average Bonchev–Trinajstić information content (AvgIpc) is 2.10. The molecule has 0 spiro atoms. The molecule has 2 rings (SSSR count). The molecule has 1 fully saturated rings. The summed E-state index contributed by atoms with van der Waals surface area (Å²) in [6, 6.07) is 1.45. The second-order valence-corrected chi connectivity index (χ2v) is 4.29. The Labute approximate surface area is 88.1 Å². The summed E-state index contributed by atoms with van der Waals surface area (Å²) >= 11 is 0. The first-order valence-electron chi connectivity index (χ1n) is 5.18. The van der Waals surface area contributed by atoms with E-state index in [1.807, 2.05) is 0 Å². The lowest BCUT2D eigenvalue weighted by Crippen LogP contribution is -2.52. The highest BCUT2D eigenvalue weighted by Crippen LogP contribution is 2.28. The zero-order valence-electron chi connectivity index (χ0n) is 8.84. The van der Waals surface area contributed by atoms with Crippen LogP contribution in [-0.4, -0.2) is 22.1 Å². The van der Waals surface area contributed by atoms with Crippen molar-refractivity contribution in [3.63, 3.8) is 0 Å². The van der Waals surface area contributed by atoms with E-state index in [0.29, 0.717) is 18.2 Å². The molecule has 0 saturated heterocycles. The molecule has 0 atom stereocenters. The zero-order chi connectivity index (χ0) is 10.9.